The van der Waals surface area contributed by atoms with Crippen LogP contribution in [-0.2, 0) is 9.53 Å². The van der Waals surface area contributed by atoms with Crippen molar-refractivity contribution in [1.29, 1.82) is 0 Å². The number of morpholine rings is 1. The molecule has 0 radical (unpaired) electrons. The molecule has 0 N–H and O–H groups in total. The maximum absolute atomic E-state index is 13.0. The SMILES string of the molecule is Cc1ccc(N2CCN(C(=O)CN3CCOCC3)C[C@H]2c2ccc(Cl)cc2)c(Cl)c1. The van der Waals surface area contributed by atoms with Gasteiger partial charge in [0.05, 0.1) is 36.5 Å². The summed E-state index contributed by atoms with van der Waals surface area (Å²) < 4.78 is 5.40. The molecule has 2 aliphatic rings. The molecular weight excluding hydrogens is 421 g/mol. The number of ether oxygens (including phenoxy) is 1. The molecule has 0 aliphatic carbocycles. The third-order valence-electron chi connectivity index (χ3n) is 5.86. The number of halogens is 2. The van der Waals surface area contributed by atoms with Crippen LogP contribution >= 0.6 is 23.2 Å². The van der Waals surface area contributed by atoms with Gasteiger partial charge in [-0.1, -0.05) is 41.4 Å². The van der Waals surface area contributed by atoms with Crippen molar-refractivity contribution in [3.05, 3.63) is 63.6 Å². The van der Waals surface area contributed by atoms with Crippen molar-refractivity contribution in [3.8, 4) is 0 Å². The number of carbonyl (C=O) groups excluding carboxylic acids is 1. The van der Waals surface area contributed by atoms with Gasteiger partial charge in [0, 0.05) is 37.7 Å². The monoisotopic (exact) mass is 447 g/mol. The highest BCUT2D eigenvalue weighted by Gasteiger charge is 2.32. The first kappa shape index (κ1) is 21.4. The van der Waals surface area contributed by atoms with E-state index < -0.39 is 0 Å². The third kappa shape index (κ3) is 4.92. The van der Waals surface area contributed by atoms with E-state index in [1.165, 1.54) is 0 Å². The minimum Gasteiger partial charge on any atom is -0.379 e. The Kier molecular flexibility index (Phi) is 6.84. The molecule has 5 nitrogen and oxygen atoms in total. The number of amides is 1. The molecule has 0 saturated carbocycles. The normalized spacial score (nSPS) is 20.4. The Morgan fingerprint density at radius 1 is 1.03 bits per heavy atom. The highest BCUT2D eigenvalue weighted by Crippen LogP contribution is 2.36. The van der Waals surface area contributed by atoms with Crippen LogP contribution in [0.15, 0.2) is 42.5 Å². The zero-order valence-electron chi connectivity index (χ0n) is 17.2. The van der Waals surface area contributed by atoms with E-state index in [2.05, 4.69) is 21.9 Å². The number of carbonyl (C=O) groups is 1. The molecule has 2 aromatic carbocycles. The molecule has 0 bridgehead atoms. The number of anilines is 1. The number of rotatable bonds is 4. The lowest BCUT2D eigenvalue weighted by Gasteiger charge is -2.44. The van der Waals surface area contributed by atoms with Gasteiger partial charge in [0.15, 0.2) is 0 Å². The molecule has 7 heteroatoms. The zero-order chi connectivity index (χ0) is 21.1. The zero-order valence-corrected chi connectivity index (χ0v) is 18.7. The van der Waals surface area contributed by atoms with E-state index >= 15 is 0 Å². The molecule has 1 amide bonds. The van der Waals surface area contributed by atoms with E-state index in [0.29, 0.717) is 37.9 Å². The highest BCUT2D eigenvalue weighted by atomic mass is 35.5. The van der Waals surface area contributed by atoms with E-state index in [1.807, 2.05) is 42.2 Å². The van der Waals surface area contributed by atoms with Crippen LogP contribution in [0.5, 0.6) is 0 Å². The van der Waals surface area contributed by atoms with Gasteiger partial charge >= 0.3 is 0 Å². The average Bonchev–Trinajstić information content (AvgIpc) is 2.75. The molecule has 160 valence electrons. The summed E-state index contributed by atoms with van der Waals surface area (Å²) in [5.74, 6) is 0.172. The number of benzene rings is 2. The van der Waals surface area contributed by atoms with Crippen LogP contribution in [0.3, 0.4) is 0 Å². The van der Waals surface area contributed by atoms with E-state index in [9.17, 15) is 4.79 Å². The first-order valence-electron chi connectivity index (χ1n) is 10.4. The topological polar surface area (TPSA) is 36.0 Å². The van der Waals surface area contributed by atoms with Gasteiger partial charge in [0.1, 0.15) is 0 Å². The molecule has 2 saturated heterocycles. The Morgan fingerprint density at radius 3 is 2.47 bits per heavy atom. The Bertz CT molecular complexity index is 885. The standard InChI is InChI=1S/C23H27Cl2N3O2/c1-17-2-7-21(20(25)14-17)28-9-8-27(23(29)16-26-10-12-30-13-11-26)15-22(28)18-3-5-19(24)6-4-18/h2-7,14,22H,8-13,15-16H2,1H3/t22-/m0/s1. The van der Waals surface area contributed by atoms with Crippen molar-refractivity contribution < 1.29 is 9.53 Å². The Labute approximate surface area is 188 Å². The van der Waals surface area contributed by atoms with Gasteiger partial charge in [0.2, 0.25) is 5.91 Å². The van der Waals surface area contributed by atoms with Gasteiger partial charge in [0.25, 0.3) is 0 Å². The predicted molar refractivity (Wildman–Crippen MR) is 122 cm³/mol. The highest BCUT2D eigenvalue weighted by molar-refractivity contribution is 6.33. The average molecular weight is 448 g/mol. The summed E-state index contributed by atoms with van der Waals surface area (Å²) >= 11 is 12.7. The van der Waals surface area contributed by atoms with Gasteiger partial charge in [-0.2, -0.15) is 0 Å². The fourth-order valence-electron chi connectivity index (χ4n) is 4.16. The third-order valence-corrected chi connectivity index (χ3v) is 6.42. The second-order valence-electron chi connectivity index (χ2n) is 7.94. The summed E-state index contributed by atoms with van der Waals surface area (Å²) in [6.07, 6.45) is 0. The minimum atomic E-state index is 0.0184. The molecule has 0 aromatic heterocycles. The first-order chi connectivity index (χ1) is 14.5. The predicted octanol–water partition coefficient (Wildman–Crippen LogP) is 4.02. The van der Waals surface area contributed by atoms with Crippen LogP contribution in [-0.4, -0.2) is 68.2 Å². The summed E-state index contributed by atoms with van der Waals surface area (Å²) in [4.78, 5) is 19.5. The number of hydrogen-bond donors (Lipinski definition) is 0. The van der Waals surface area contributed by atoms with Crippen molar-refractivity contribution in [2.45, 2.75) is 13.0 Å². The second kappa shape index (κ2) is 9.56. The van der Waals surface area contributed by atoms with E-state index in [4.69, 9.17) is 27.9 Å². The number of hydrogen-bond acceptors (Lipinski definition) is 4. The Balaban J connectivity index is 1.56. The van der Waals surface area contributed by atoms with Gasteiger partial charge in [-0.15, -0.1) is 0 Å². The molecule has 2 aliphatic heterocycles. The lowest BCUT2D eigenvalue weighted by atomic mass is 10.0. The van der Waals surface area contributed by atoms with Crippen molar-refractivity contribution in [3.63, 3.8) is 0 Å². The fraction of sp³-hybridized carbons (Fsp3) is 0.435. The van der Waals surface area contributed by atoms with Gasteiger partial charge in [-0.3, -0.25) is 9.69 Å². The summed E-state index contributed by atoms with van der Waals surface area (Å²) in [6.45, 7) is 7.52. The Hall–Kier alpha value is -1.79. The molecule has 2 heterocycles. The van der Waals surface area contributed by atoms with Crippen LogP contribution in [0.25, 0.3) is 0 Å². The van der Waals surface area contributed by atoms with Gasteiger partial charge in [-0.25, -0.2) is 0 Å². The fourth-order valence-corrected chi connectivity index (χ4v) is 4.63. The van der Waals surface area contributed by atoms with Crippen molar-refractivity contribution in [2.24, 2.45) is 0 Å². The molecule has 4 rings (SSSR count). The van der Waals surface area contributed by atoms with E-state index in [-0.39, 0.29) is 11.9 Å². The maximum Gasteiger partial charge on any atom is 0.236 e. The number of nitrogens with zero attached hydrogens (tertiary/aromatic N) is 3. The quantitative estimate of drug-likeness (QED) is 0.708. The van der Waals surface area contributed by atoms with E-state index in [0.717, 1.165) is 41.5 Å². The summed E-state index contributed by atoms with van der Waals surface area (Å²) in [6, 6.07) is 14.1. The van der Waals surface area contributed by atoms with Crippen LogP contribution < -0.4 is 4.90 Å². The number of piperazine rings is 1. The molecular formula is C23H27Cl2N3O2. The van der Waals surface area contributed by atoms with Gasteiger partial charge in [-0.05, 0) is 42.3 Å². The van der Waals surface area contributed by atoms with E-state index in [1.54, 1.807) is 0 Å². The molecule has 2 aromatic rings. The van der Waals surface area contributed by atoms with Gasteiger partial charge < -0.3 is 14.5 Å². The number of aryl methyl sites for hydroxylation is 1. The maximum atomic E-state index is 13.0. The lowest BCUT2D eigenvalue weighted by molar-refractivity contribution is -0.134. The van der Waals surface area contributed by atoms with Crippen LogP contribution in [0.2, 0.25) is 10.0 Å². The summed E-state index contributed by atoms with van der Waals surface area (Å²) in [5, 5.41) is 1.44. The minimum absolute atomic E-state index is 0.0184. The molecule has 0 spiro atoms. The van der Waals surface area contributed by atoms with Crippen LogP contribution in [0.1, 0.15) is 17.2 Å². The first-order valence-corrected chi connectivity index (χ1v) is 11.1. The largest absolute Gasteiger partial charge is 0.379 e. The van der Waals surface area contributed by atoms with Crippen molar-refractivity contribution >= 4 is 34.8 Å². The van der Waals surface area contributed by atoms with Crippen molar-refractivity contribution in [1.82, 2.24) is 9.80 Å². The van der Waals surface area contributed by atoms with Crippen molar-refractivity contribution in [2.75, 3.05) is 57.4 Å². The van der Waals surface area contributed by atoms with Crippen LogP contribution in [0.4, 0.5) is 5.69 Å². The Morgan fingerprint density at radius 2 is 1.77 bits per heavy atom. The smallest absolute Gasteiger partial charge is 0.236 e. The summed E-state index contributed by atoms with van der Waals surface area (Å²) in [7, 11) is 0. The molecule has 2 fully saturated rings. The molecule has 30 heavy (non-hydrogen) atoms. The van der Waals surface area contributed by atoms with Crippen LogP contribution in [0, 0.1) is 6.92 Å². The molecule has 0 unspecified atom stereocenters. The molecule has 1 atom stereocenters. The summed E-state index contributed by atoms with van der Waals surface area (Å²) in [5.41, 5.74) is 3.26. The second-order valence-corrected chi connectivity index (χ2v) is 8.79. The lowest BCUT2D eigenvalue weighted by Crippen LogP contribution is -2.53.